The third kappa shape index (κ3) is 29.3. The van der Waals surface area contributed by atoms with E-state index in [0.29, 0.717) is 5.92 Å². The van der Waals surface area contributed by atoms with Crippen molar-refractivity contribution in [1.82, 2.24) is 15.0 Å². The van der Waals surface area contributed by atoms with Crippen LogP contribution >= 0.6 is 0 Å². The van der Waals surface area contributed by atoms with Crippen molar-refractivity contribution in [2.45, 2.75) is 258 Å². The average Bonchev–Trinajstić information content (AvgIpc) is 1.11. The summed E-state index contributed by atoms with van der Waals surface area (Å²) in [4.78, 5) is 15.2. The Morgan fingerprint density at radius 2 is 0.721 bits per heavy atom. The number of nitrogens with zero attached hydrogens (tertiary/aromatic N) is 3. The summed E-state index contributed by atoms with van der Waals surface area (Å²) in [5.74, 6) is 2.70. The summed E-state index contributed by atoms with van der Waals surface area (Å²) in [5, 5.41) is 54.6. The summed E-state index contributed by atoms with van der Waals surface area (Å²) in [5.41, 5.74) is 26.5. The van der Waals surface area contributed by atoms with Crippen LogP contribution in [0.15, 0.2) is 145 Å². The summed E-state index contributed by atoms with van der Waals surface area (Å²) in [6.45, 7) is 38.0. The van der Waals surface area contributed by atoms with Crippen LogP contribution in [0.2, 0.25) is 0 Å². The van der Waals surface area contributed by atoms with Crippen LogP contribution in [0.4, 0.5) is 0 Å². The zero-order valence-electron chi connectivity index (χ0n) is 65.5. The van der Waals surface area contributed by atoms with Gasteiger partial charge in [0, 0.05) is 71.1 Å². The van der Waals surface area contributed by atoms with Gasteiger partial charge in [-0.3, -0.25) is 15.0 Å². The van der Waals surface area contributed by atoms with Crippen LogP contribution < -0.4 is 0 Å². The molecule has 0 aliphatic heterocycles. The van der Waals surface area contributed by atoms with Gasteiger partial charge in [0.1, 0.15) is 0 Å². The molecule has 6 aromatic carbocycles. The molecule has 12 rings (SSSR count). The maximum absolute atomic E-state index is 8.49. The third-order valence-corrected chi connectivity index (χ3v) is 18.4. The summed E-state index contributed by atoms with van der Waals surface area (Å²) >= 11 is 0. The molecule has 3 aliphatic carbocycles. The molecule has 104 heavy (non-hydrogen) atoms. The Labute approximate surface area is 665 Å². The van der Waals surface area contributed by atoms with Gasteiger partial charge in [-0.05, 0) is 227 Å². The molecule has 0 bridgehead atoms. The van der Waals surface area contributed by atoms with Crippen molar-refractivity contribution < 1.29 is 91.0 Å². The summed E-state index contributed by atoms with van der Waals surface area (Å²) < 4.78 is 0. The first kappa shape index (κ1) is 90.4. The molecule has 3 aromatic heterocycles. The molecule has 3 radical (unpaired) electrons. The summed E-state index contributed by atoms with van der Waals surface area (Å²) in [6, 6.07) is 51.0. The van der Waals surface area contributed by atoms with Gasteiger partial charge in [-0.1, -0.05) is 170 Å². The summed E-state index contributed by atoms with van der Waals surface area (Å²) in [7, 11) is 0. The fourth-order valence-corrected chi connectivity index (χ4v) is 14.8. The number of hydrogen-bond donors (Lipinski definition) is 6. The van der Waals surface area contributed by atoms with E-state index in [4.69, 9.17) is 45.6 Å². The number of allylic oxidation sites excluding steroid dienone is 3. The van der Waals surface area contributed by atoms with E-state index in [0.717, 1.165) is 80.6 Å². The fraction of sp³-hybridized carbons (Fsp3) is 0.446. The van der Waals surface area contributed by atoms with E-state index >= 15 is 0 Å². The zero-order chi connectivity index (χ0) is 74.0. The molecule has 0 saturated heterocycles. The van der Waals surface area contributed by atoms with Crippen molar-refractivity contribution in [2.24, 2.45) is 10.8 Å². The Morgan fingerprint density at radius 1 is 0.404 bits per heavy atom. The van der Waals surface area contributed by atoms with Crippen LogP contribution in [0.25, 0.3) is 66.5 Å². The van der Waals surface area contributed by atoms with Gasteiger partial charge in [0.05, 0.1) is 52.1 Å². The van der Waals surface area contributed by atoms with E-state index < -0.39 is 18.3 Å². The topological polar surface area (TPSA) is 160 Å². The molecule has 9 aromatic rings. The Morgan fingerprint density at radius 3 is 1.06 bits per heavy atom. The summed E-state index contributed by atoms with van der Waals surface area (Å²) in [6.07, 6.45) is 21.0. The molecule has 3 aliphatic rings. The van der Waals surface area contributed by atoms with E-state index in [1.807, 2.05) is 0 Å². The maximum atomic E-state index is 8.49. The molecule has 567 valence electrons. The molecular weight excluding hydrogens is 1820 g/mol. The quantitative estimate of drug-likeness (QED) is 0.0547. The van der Waals surface area contributed by atoms with E-state index in [9.17, 15) is 0 Å². The second-order valence-corrected chi connectivity index (χ2v) is 31.8. The molecule has 3 fully saturated rings. The predicted octanol–water partition coefficient (Wildman–Crippen LogP) is 23.9. The van der Waals surface area contributed by atoms with Crippen molar-refractivity contribution >= 4 is 32.7 Å². The normalized spacial score (nSPS) is 15.2. The number of aliphatic hydroxyl groups is 6. The number of aliphatic hydroxyl groups excluding tert-OH is 6. The van der Waals surface area contributed by atoms with Gasteiger partial charge in [-0.15, -0.1) is 105 Å². The molecule has 3 heterocycles. The van der Waals surface area contributed by atoms with Crippen molar-refractivity contribution in [3.63, 3.8) is 0 Å². The predicted molar refractivity (Wildman–Crippen MR) is 425 cm³/mol. The standard InChI is InChI=1S/C27H30N.C27H32N.C23H26N.3C5H10O2.3Ir/c1-18-13-19(2)15-23(14-18)26-12-11-22-16-24(20-7-3-4-8-20)25(17-27(22)28-26)21-9-5-6-10-21;1-18-12-19(2)14-22(13-18)25-11-10-23-24(21-8-6-7-9-21)15-20(16-26(23)28-25)17-27(3,4)5;1-15-9-16(2)11-19(10-15)21-8-7-20-17(3)12-18(13-22(20)24-21)14-23(4,5)6;3*1-4(6)3-5(2)7;;;/h11-14,16-17,20-21H,3-10H2,1-2H3;10-13,15-16,21H,6-9,17H2,1-5H3;7-10,12-13H,14H2,1-6H3;3*3-4,6-7H,1-2H3;;;/q3*-1;;;;;;. The van der Waals surface area contributed by atoms with Crippen molar-refractivity contribution in [2.75, 3.05) is 0 Å². The van der Waals surface area contributed by atoms with Crippen LogP contribution in [0.1, 0.15) is 245 Å². The van der Waals surface area contributed by atoms with Crippen molar-refractivity contribution in [3.05, 3.63) is 230 Å². The van der Waals surface area contributed by atoms with Gasteiger partial charge in [-0.25, -0.2) is 0 Å². The van der Waals surface area contributed by atoms with Crippen molar-refractivity contribution in [1.29, 1.82) is 0 Å². The number of aromatic nitrogens is 3. The van der Waals surface area contributed by atoms with Crippen LogP contribution in [0.3, 0.4) is 0 Å². The molecule has 0 amide bonds. The number of rotatable bonds is 11. The van der Waals surface area contributed by atoms with Gasteiger partial charge in [0.15, 0.2) is 0 Å². The molecular formula is C92H118Ir3N3O6-3. The number of hydrogen-bond acceptors (Lipinski definition) is 9. The molecule has 6 N–H and O–H groups in total. The molecule has 3 atom stereocenters. The Balaban J connectivity index is 0.000000287. The first-order valence-corrected chi connectivity index (χ1v) is 37.0. The van der Waals surface area contributed by atoms with Gasteiger partial charge in [-0.2, -0.15) is 0 Å². The third-order valence-electron chi connectivity index (χ3n) is 18.4. The van der Waals surface area contributed by atoms with E-state index in [1.165, 1.54) is 182 Å². The van der Waals surface area contributed by atoms with Crippen LogP contribution in [0.5, 0.6) is 0 Å². The SMILES string of the molecule is CC(O)=CC(C)O.CC(O)=CC(C)O.CC(O)=CC(C)O.Cc1[c-]c(-c2ccc3c(C)cc(CC(C)(C)C)cc3n2)cc(C)c1.Cc1[c-]c(-c2ccc3c(C4CCCC4)cc(CC(C)(C)C)cc3n2)cc(C)c1.Cc1[c-]c(-c2ccc3cc(C4CCCC4)c(C4CCCC4)cc3n2)cc(C)c1.[Ir].[Ir].[Ir]. The Kier molecular flexibility index (Phi) is 36.4. The maximum Gasteiger partial charge on any atom is 0.0877 e. The van der Waals surface area contributed by atoms with E-state index in [-0.39, 0.29) is 88.4 Å². The largest absolute Gasteiger partial charge is 0.513 e. The molecule has 0 spiro atoms. The monoisotopic (exact) mass is 1940 g/mol. The zero-order valence-corrected chi connectivity index (χ0v) is 72.7. The minimum absolute atomic E-state index is 0. The van der Waals surface area contributed by atoms with Crippen LogP contribution in [0, 0.1) is 77.5 Å². The second kappa shape index (κ2) is 41.9. The molecule has 3 unspecified atom stereocenters. The number of pyridine rings is 3. The first-order chi connectivity index (χ1) is 47.5. The van der Waals surface area contributed by atoms with E-state index in [1.54, 1.807) is 31.9 Å². The minimum atomic E-state index is -0.537. The average molecular weight is 1940 g/mol. The minimum Gasteiger partial charge on any atom is -0.513 e. The smallest absolute Gasteiger partial charge is 0.0877 e. The Hall–Kier alpha value is -6.00. The Bertz CT molecular complexity index is 4200. The van der Waals surface area contributed by atoms with Gasteiger partial charge in [0.25, 0.3) is 0 Å². The number of aryl methyl sites for hydroxylation is 7. The molecule has 9 nitrogen and oxygen atoms in total. The van der Waals surface area contributed by atoms with Gasteiger partial charge >= 0.3 is 0 Å². The van der Waals surface area contributed by atoms with Crippen LogP contribution in [-0.2, 0) is 73.2 Å². The number of fused-ring (bicyclic) bond motifs is 3. The van der Waals surface area contributed by atoms with Gasteiger partial charge in [0.2, 0.25) is 0 Å². The second-order valence-electron chi connectivity index (χ2n) is 31.8. The van der Waals surface area contributed by atoms with E-state index in [2.05, 4.69) is 217 Å². The van der Waals surface area contributed by atoms with Crippen molar-refractivity contribution in [3.8, 4) is 33.8 Å². The van der Waals surface area contributed by atoms with Gasteiger partial charge < -0.3 is 30.6 Å². The fourth-order valence-electron chi connectivity index (χ4n) is 14.8. The molecule has 3 saturated carbocycles. The van der Waals surface area contributed by atoms with Crippen LogP contribution in [-0.4, -0.2) is 63.9 Å². The first-order valence-electron chi connectivity index (χ1n) is 37.0. The molecule has 12 heteroatoms. The number of benzene rings is 6.